The first-order valence-corrected chi connectivity index (χ1v) is 12.2. The summed E-state index contributed by atoms with van der Waals surface area (Å²) in [5, 5.41) is 10.6. The van der Waals surface area contributed by atoms with E-state index < -0.39 is 20.7 Å². The van der Waals surface area contributed by atoms with Crippen LogP contribution >= 0.6 is 22.9 Å². The van der Waals surface area contributed by atoms with Crippen molar-refractivity contribution in [3.05, 3.63) is 34.0 Å². The van der Waals surface area contributed by atoms with Gasteiger partial charge in [0.15, 0.2) is 5.13 Å². The van der Waals surface area contributed by atoms with E-state index in [-0.39, 0.29) is 22.7 Å². The highest BCUT2D eigenvalue weighted by Crippen LogP contribution is 2.32. The van der Waals surface area contributed by atoms with Crippen LogP contribution in [-0.2, 0) is 14.8 Å². The molecule has 1 aromatic heterocycles. The van der Waals surface area contributed by atoms with Crippen molar-refractivity contribution in [3.8, 4) is 0 Å². The summed E-state index contributed by atoms with van der Waals surface area (Å²) in [5.74, 6) is -0.857. The van der Waals surface area contributed by atoms with Gasteiger partial charge in [-0.25, -0.2) is 17.8 Å². The van der Waals surface area contributed by atoms with E-state index >= 15 is 0 Å². The zero-order chi connectivity index (χ0) is 23.2. The predicted octanol–water partition coefficient (Wildman–Crippen LogP) is 4.03. The number of aromatic nitrogens is 1. The number of rotatable bonds is 6. The molecule has 0 unspecified atom stereocenters. The number of thiazole rings is 1. The summed E-state index contributed by atoms with van der Waals surface area (Å²) in [5.41, 5.74) is 0.405. The zero-order valence-electron chi connectivity index (χ0n) is 17.4. The van der Waals surface area contributed by atoms with Gasteiger partial charge >= 0.3 is 0 Å². The number of nitrogens with one attached hydrogen (secondary N) is 2. The third-order valence-electron chi connectivity index (χ3n) is 4.89. The average molecular weight is 493 g/mol. The van der Waals surface area contributed by atoms with E-state index in [0.717, 1.165) is 42.7 Å². The Bertz CT molecular complexity index is 1000. The second kappa shape index (κ2) is 11.1. The third-order valence-corrected chi connectivity index (χ3v) is 7.51. The molecule has 2 atom stereocenters. The number of anilines is 2. The van der Waals surface area contributed by atoms with E-state index in [1.807, 2.05) is 14.1 Å². The van der Waals surface area contributed by atoms with Gasteiger partial charge in [0, 0.05) is 23.2 Å². The summed E-state index contributed by atoms with van der Waals surface area (Å²) in [6.45, 7) is 1.56. The molecule has 1 aliphatic carbocycles. The molecule has 2 aromatic rings. The number of benzene rings is 1. The summed E-state index contributed by atoms with van der Waals surface area (Å²) >= 11 is 7.49. The van der Waals surface area contributed by atoms with Crippen molar-refractivity contribution in [3.63, 3.8) is 0 Å². The number of carbonyl (C=O) groups is 1. The van der Waals surface area contributed by atoms with Crippen LogP contribution in [0.1, 0.15) is 30.6 Å². The number of likely N-dealkylation sites (N-methyl/N-ethyl adjacent to an activating group) is 1. The smallest absolute Gasteiger partial charge is 0.290 e. The number of hydrogen-bond donors (Lipinski definition) is 3. The predicted molar refractivity (Wildman–Crippen MR) is 121 cm³/mol. The molecule has 31 heavy (non-hydrogen) atoms. The first-order valence-electron chi connectivity index (χ1n) is 9.54. The van der Waals surface area contributed by atoms with Crippen LogP contribution in [0.5, 0.6) is 0 Å². The maximum atomic E-state index is 14.7. The fraction of sp³-hybridized carbons (Fsp3) is 0.474. The van der Waals surface area contributed by atoms with Crippen molar-refractivity contribution in [1.29, 1.82) is 0 Å². The largest absolute Gasteiger partial charge is 0.483 e. The highest BCUT2D eigenvalue weighted by atomic mass is 35.5. The van der Waals surface area contributed by atoms with Gasteiger partial charge in [-0.3, -0.25) is 9.52 Å². The van der Waals surface area contributed by atoms with Crippen LogP contribution in [0.15, 0.2) is 23.2 Å². The summed E-state index contributed by atoms with van der Waals surface area (Å²) in [4.78, 5) is 14.8. The topological polar surface area (TPSA) is 112 Å². The van der Waals surface area contributed by atoms with Gasteiger partial charge in [-0.15, -0.1) is 11.3 Å². The average Bonchev–Trinajstić information content (AvgIpc) is 3.09. The summed E-state index contributed by atoms with van der Waals surface area (Å²) < 4.78 is 42.1. The Morgan fingerprint density at radius 3 is 2.55 bits per heavy atom. The Labute approximate surface area is 190 Å². The number of sulfonamides is 1. The number of aryl methyl sites for hydroxylation is 1. The molecule has 172 valence electrons. The lowest BCUT2D eigenvalue weighted by Crippen LogP contribution is -2.45. The minimum Gasteiger partial charge on any atom is -0.483 e. The van der Waals surface area contributed by atoms with Crippen LogP contribution in [-0.4, -0.2) is 56.1 Å². The first kappa shape index (κ1) is 25.3. The number of carboxylic acid groups (broad SMARTS) is 1. The van der Waals surface area contributed by atoms with Crippen LogP contribution in [0, 0.1) is 12.7 Å². The third kappa shape index (κ3) is 6.76. The van der Waals surface area contributed by atoms with E-state index in [2.05, 4.69) is 19.9 Å². The second-order valence-corrected chi connectivity index (χ2v) is 10.6. The molecule has 1 fully saturated rings. The Morgan fingerprint density at radius 1 is 1.32 bits per heavy atom. The molecule has 0 radical (unpaired) electrons. The van der Waals surface area contributed by atoms with Gasteiger partial charge in [0.05, 0.1) is 10.7 Å². The summed E-state index contributed by atoms with van der Waals surface area (Å²) in [7, 11) is -0.0801. The molecular weight excluding hydrogens is 467 g/mol. The molecule has 12 heteroatoms. The molecule has 1 aliphatic rings. The van der Waals surface area contributed by atoms with Crippen molar-refractivity contribution in [2.75, 3.05) is 24.1 Å². The van der Waals surface area contributed by atoms with Crippen molar-refractivity contribution in [2.45, 2.75) is 49.6 Å². The number of hydrogen-bond acceptors (Lipinski definition) is 7. The maximum Gasteiger partial charge on any atom is 0.290 e. The molecular formula is C19H26ClFN4O4S2. The monoisotopic (exact) mass is 492 g/mol. The van der Waals surface area contributed by atoms with Crippen LogP contribution in [0.3, 0.4) is 0 Å². The highest BCUT2D eigenvalue weighted by Gasteiger charge is 2.28. The van der Waals surface area contributed by atoms with Gasteiger partial charge in [-0.05, 0) is 46.0 Å². The van der Waals surface area contributed by atoms with Crippen LogP contribution in [0.25, 0.3) is 0 Å². The molecule has 0 bridgehead atoms. The lowest BCUT2D eigenvalue weighted by Gasteiger charge is -2.37. The Balaban J connectivity index is 0.00000107. The van der Waals surface area contributed by atoms with Gasteiger partial charge in [0.25, 0.3) is 16.5 Å². The molecule has 0 spiro atoms. The van der Waals surface area contributed by atoms with Crippen LogP contribution in [0.4, 0.5) is 15.2 Å². The molecule has 1 aromatic carbocycles. The highest BCUT2D eigenvalue weighted by molar-refractivity contribution is 7.93. The van der Waals surface area contributed by atoms with E-state index in [0.29, 0.717) is 11.7 Å². The fourth-order valence-corrected chi connectivity index (χ4v) is 5.79. The van der Waals surface area contributed by atoms with Gasteiger partial charge < -0.3 is 15.3 Å². The van der Waals surface area contributed by atoms with Crippen molar-refractivity contribution in [2.24, 2.45) is 0 Å². The minimum atomic E-state index is -4.12. The molecule has 3 N–H and O–H groups in total. The summed E-state index contributed by atoms with van der Waals surface area (Å²) in [6, 6.07) is 2.74. The molecule has 0 saturated heterocycles. The standard InChI is InChI=1S/C18H24ClFN4O2S2.CH2O2/c1-11-10-21-18(27-11)23-28(25,26)17-8-12(19)15(9-13(17)20)22-14-6-4-5-7-16(14)24(2)3;2-1-3/h8-10,14,16,22H,4-7H2,1-3H3,(H,21,23);1H,(H,2,3)/t14-,16-;/m0./s1. The number of nitrogens with zero attached hydrogens (tertiary/aromatic N) is 2. The van der Waals surface area contributed by atoms with Crippen molar-refractivity contribution >= 4 is 50.3 Å². The molecule has 0 aliphatic heterocycles. The second-order valence-electron chi connectivity index (χ2n) is 7.32. The van der Waals surface area contributed by atoms with Crippen molar-refractivity contribution in [1.82, 2.24) is 9.88 Å². The van der Waals surface area contributed by atoms with E-state index in [1.54, 1.807) is 13.1 Å². The van der Waals surface area contributed by atoms with Gasteiger partial charge in [-0.1, -0.05) is 24.4 Å². The normalized spacial score (nSPS) is 18.8. The zero-order valence-corrected chi connectivity index (χ0v) is 19.8. The van der Waals surface area contributed by atoms with Crippen LogP contribution < -0.4 is 10.0 Å². The quantitative estimate of drug-likeness (QED) is 0.522. The Morgan fingerprint density at radius 2 is 1.97 bits per heavy atom. The molecule has 3 rings (SSSR count). The lowest BCUT2D eigenvalue weighted by molar-refractivity contribution is -0.122. The SMILES string of the molecule is Cc1cnc(NS(=O)(=O)c2cc(Cl)c(N[C@H]3CCCC[C@@H]3N(C)C)cc2F)s1.O=CO. The van der Waals surface area contributed by atoms with E-state index in [9.17, 15) is 12.8 Å². The fourth-order valence-electron chi connectivity index (χ4n) is 3.51. The van der Waals surface area contributed by atoms with Gasteiger partial charge in [0.1, 0.15) is 10.7 Å². The minimum absolute atomic E-state index is 0.125. The summed E-state index contributed by atoms with van der Waals surface area (Å²) in [6.07, 6.45) is 5.79. The molecule has 8 nitrogen and oxygen atoms in total. The number of halogens is 2. The van der Waals surface area contributed by atoms with E-state index in [1.165, 1.54) is 11.3 Å². The maximum absolute atomic E-state index is 14.7. The Hall–Kier alpha value is -1.95. The van der Waals surface area contributed by atoms with Gasteiger partial charge in [-0.2, -0.15) is 0 Å². The van der Waals surface area contributed by atoms with Crippen molar-refractivity contribution < 1.29 is 22.7 Å². The first-order chi connectivity index (χ1) is 14.6. The molecule has 0 amide bonds. The molecule has 1 heterocycles. The molecule has 1 saturated carbocycles. The Kier molecular flexibility index (Phi) is 9.04. The lowest BCUT2D eigenvalue weighted by atomic mass is 9.89. The van der Waals surface area contributed by atoms with E-state index in [4.69, 9.17) is 21.5 Å². The van der Waals surface area contributed by atoms with Crippen LogP contribution in [0.2, 0.25) is 5.02 Å². The van der Waals surface area contributed by atoms with Gasteiger partial charge in [0.2, 0.25) is 0 Å².